The van der Waals surface area contributed by atoms with Crippen LogP contribution in [0.25, 0.3) is 0 Å². The Labute approximate surface area is 187 Å². The fourth-order valence-electron chi connectivity index (χ4n) is 3.54. The highest BCUT2D eigenvalue weighted by Gasteiger charge is 2.30. The molecule has 0 aliphatic heterocycles. The number of nitrogens with one attached hydrogen (secondary N) is 1. The molecule has 31 heavy (non-hydrogen) atoms. The molecule has 0 atom stereocenters. The van der Waals surface area contributed by atoms with Gasteiger partial charge in [0.1, 0.15) is 5.76 Å². The van der Waals surface area contributed by atoms with Crippen LogP contribution in [-0.2, 0) is 27.9 Å². The molecule has 2 aromatic carbocycles. The third-order valence-corrected chi connectivity index (χ3v) is 7.18. The molecule has 6 nitrogen and oxygen atoms in total. The molecule has 0 saturated carbocycles. The zero-order chi connectivity index (χ0) is 22.6. The van der Waals surface area contributed by atoms with Gasteiger partial charge < -0.3 is 9.73 Å². The zero-order valence-corrected chi connectivity index (χ0v) is 19.3. The van der Waals surface area contributed by atoms with Gasteiger partial charge >= 0.3 is 0 Å². The summed E-state index contributed by atoms with van der Waals surface area (Å²) >= 11 is 5.96. The topological polar surface area (TPSA) is 79.6 Å². The summed E-state index contributed by atoms with van der Waals surface area (Å²) in [5.74, 6) is 0.169. The maximum absolute atomic E-state index is 13.6. The van der Waals surface area contributed by atoms with Gasteiger partial charge in [-0.3, -0.25) is 4.79 Å². The number of rotatable bonds is 8. The van der Waals surface area contributed by atoms with Crippen LogP contribution in [0.2, 0.25) is 5.02 Å². The first-order valence-electron chi connectivity index (χ1n) is 9.78. The van der Waals surface area contributed by atoms with Crippen molar-refractivity contribution in [1.29, 1.82) is 0 Å². The number of sulfonamides is 1. The van der Waals surface area contributed by atoms with Crippen LogP contribution in [0.3, 0.4) is 0 Å². The molecule has 1 amide bonds. The largest absolute Gasteiger partial charge is 0.467 e. The average Bonchev–Trinajstić information content (AvgIpc) is 3.20. The van der Waals surface area contributed by atoms with Crippen molar-refractivity contribution < 1.29 is 17.6 Å². The Bertz CT molecular complexity index is 1130. The van der Waals surface area contributed by atoms with Gasteiger partial charge in [-0.05, 0) is 61.7 Å². The SMILES string of the molecule is Cc1cc(C)c(S(=O)(=O)N(CC(=O)NCc2ccco2)Cc2ccc(Cl)cc2)c(C)c1. The Balaban J connectivity index is 1.90. The summed E-state index contributed by atoms with van der Waals surface area (Å²) < 4.78 is 33.7. The van der Waals surface area contributed by atoms with E-state index in [4.69, 9.17) is 16.0 Å². The van der Waals surface area contributed by atoms with E-state index in [1.807, 2.05) is 19.1 Å². The van der Waals surface area contributed by atoms with E-state index in [9.17, 15) is 13.2 Å². The van der Waals surface area contributed by atoms with Crippen LogP contribution in [0, 0.1) is 20.8 Å². The first kappa shape index (κ1) is 23.1. The summed E-state index contributed by atoms with van der Waals surface area (Å²) in [6.07, 6.45) is 1.52. The minimum atomic E-state index is -3.94. The predicted octanol–water partition coefficient (Wildman–Crippen LogP) is 4.37. The molecule has 0 bridgehead atoms. The van der Waals surface area contributed by atoms with E-state index in [0.717, 1.165) is 11.1 Å². The Morgan fingerprint density at radius 1 is 1.06 bits per heavy atom. The number of hydrogen-bond donors (Lipinski definition) is 1. The maximum atomic E-state index is 13.6. The van der Waals surface area contributed by atoms with Crippen molar-refractivity contribution >= 4 is 27.5 Å². The Hall–Kier alpha value is -2.61. The number of furan rings is 1. The third-order valence-electron chi connectivity index (χ3n) is 4.83. The Morgan fingerprint density at radius 3 is 2.29 bits per heavy atom. The van der Waals surface area contributed by atoms with Crippen molar-refractivity contribution in [3.63, 3.8) is 0 Å². The summed E-state index contributed by atoms with van der Waals surface area (Å²) in [5, 5.41) is 3.27. The fraction of sp³-hybridized carbons (Fsp3) is 0.261. The van der Waals surface area contributed by atoms with Gasteiger partial charge in [0.05, 0.1) is 24.2 Å². The lowest BCUT2D eigenvalue weighted by Gasteiger charge is -2.24. The van der Waals surface area contributed by atoms with Crippen molar-refractivity contribution in [2.24, 2.45) is 0 Å². The molecule has 0 fully saturated rings. The van der Waals surface area contributed by atoms with Gasteiger partial charge in [-0.15, -0.1) is 0 Å². The number of nitrogens with zero attached hydrogens (tertiary/aromatic N) is 1. The van der Waals surface area contributed by atoms with Crippen LogP contribution in [0.4, 0.5) is 0 Å². The van der Waals surface area contributed by atoms with E-state index in [1.165, 1.54) is 10.6 Å². The normalized spacial score (nSPS) is 11.6. The fourth-order valence-corrected chi connectivity index (χ4v) is 5.46. The zero-order valence-electron chi connectivity index (χ0n) is 17.7. The maximum Gasteiger partial charge on any atom is 0.244 e. The molecular formula is C23H25ClN2O4S. The molecule has 1 N–H and O–H groups in total. The molecule has 3 rings (SSSR count). The van der Waals surface area contributed by atoms with E-state index in [0.29, 0.717) is 21.9 Å². The first-order valence-corrected chi connectivity index (χ1v) is 11.6. The first-order chi connectivity index (χ1) is 14.7. The van der Waals surface area contributed by atoms with Crippen LogP contribution in [0.1, 0.15) is 28.0 Å². The molecule has 1 heterocycles. The summed E-state index contributed by atoms with van der Waals surface area (Å²) in [6, 6.07) is 14.0. The van der Waals surface area contributed by atoms with Crippen LogP contribution in [0.5, 0.6) is 0 Å². The van der Waals surface area contributed by atoms with Gasteiger partial charge in [0.2, 0.25) is 15.9 Å². The van der Waals surface area contributed by atoms with Gasteiger partial charge in [0, 0.05) is 11.6 Å². The van der Waals surface area contributed by atoms with E-state index in [-0.39, 0.29) is 24.5 Å². The highest BCUT2D eigenvalue weighted by atomic mass is 35.5. The van der Waals surface area contributed by atoms with Crippen LogP contribution in [0.15, 0.2) is 64.1 Å². The lowest BCUT2D eigenvalue weighted by Crippen LogP contribution is -2.40. The van der Waals surface area contributed by atoms with Crippen LogP contribution >= 0.6 is 11.6 Å². The van der Waals surface area contributed by atoms with E-state index < -0.39 is 15.9 Å². The summed E-state index contributed by atoms with van der Waals surface area (Å²) in [5.41, 5.74) is 3.01. The molecule has 0 aliphatic rings. The molecule has 0 spiro atoms. The predicted molar refractivity (Wildman–Crippen MR) is 120 cm³/mol. The third kappa shape index (κ3) is 5.76. The molecule has 0 unspecified atom stereocenters. The number of carbonyl (C=O) groups is 1. The molecule has 3 aromatic rings. The van der Waals surface area contributed by atoms with Crippen molar-refractivity contribution in [3.8, 4) is 0 Å². The molecule has 8 heteroatoms. The number of hydrogen-bond acceptors (Lipinski definition) is 4. The Morgan fingerprint density at radius 2 is 1.71 bits per heavy atom. The van der Waals surface area contributed by atoms with Crippen molar-refractivity contribution in [3.05, 3.63) is 87.8 Å². The molecular weight excluding hydrogens is 436 g/mol. The summed E-state index contributed by atoms with van der Waals surface area (Å²) in [4.78, 5) is 12.8. The van der Waals surface area contributed by atoms with E-state index >= 15 is 0 Å². The van der Waals surface area contributed by atoms with Gasteiger partial charge in [-0.25, -0.2) is 8.42 Å². The van der Waals surface area contributed by atoms with Gasteiger partial charge in [-0.1, -0.05) is 41.4 Å². The number of carbonyl (C=O) groups excluding carboxylic acids is 1. The van der Waals surface area contributed by atoms with Gasteiger partial charge in [0.15, 0.2) is 0 Å². The standard InChI is InChI=1S/C23H25ClN2O4S/c1-16-11-17(2)23(18(3)12-16)31(28,29)26(14-19-6-8-20(24)9-7-19)15-22(27)25-13-21-5-4-10-30-21/h4-12H,13-15H2,1-3H3,(H,25,27). The smallest absolute Gasteiger partial charge is 0.244 e. The highest BCUT2D eigenvalue weighted by Crippen LogP contribution is 2.26. The van der Waals surface area contributed by atoms with Crippen molar-refractivity contribution in [1.82, 2.24) is 9.62 Å². The summed E-state index contributed by atoms with van der Waals surface area (Å²) in [7, 11) is -3.94. The molecule has 0 radical (unpaired) electrons. The van der Waals surface area contributed by atoms with Crippen molar-refractivity contribution in [2.75, 3.05) is 6.54 Å². The average molecular weight is 461 g/mol. The summed E-state index contributed by atoms with van der Waals surface area (Å²) in [6.45, 7) is 5.36. The van der Waals surface area contributed by atoms with Crippen LogP contribution in [-0.4, -0.2) is 25.2 Å². The second kappa shape index (κ2) is 9.68. The number of aryl methyl sites for hydroxylation is 3. The minimum Gasteiger partial charge on any atom is -0.467 e. The molecule has 1 aromatic heterocycles. The van der Waals surface area contributed by atoms with Crippen molar-refractivity contribution in [2.45, 2.75) is 38.8 Å². The van der Waals surface area contributed by atoms with Gasteiger partial charge in [0.25, 0.3) is 0 Å². The number of halogens is 1. The number of benzene rings is 2. The molecule has 0 aliphatic carbocycles. The second-order valence-electron chi connectivity index (χ2n) is 7.48. The highest BCUT2D eigenvalue weighted by molar-refractivity contribution is 7.89. The van der Waals surface area contributed by atoms with Crippen LogP contribution < -0.4 is 5.32 Å². The Kier molecular flexibility index (Phi) is 7.20. The molecule has 0 saturated heterocycles. The second-order valence-corrected chi connectivity index (χ2v) is 9.79. The minimum absolute atomic E-state index is 0.0421. The monoisotopic (exact) mass is 460 g/mol. The lowest BCUT2D eigenvalue weighted by molar-refractivity contribution is -0.121. The van der Waals surface area contributed by atoms with E-state index in [2.05, 4.69) is 5.32 Å². The lowest BCUT2D eigenvalue weighted by atomic mass is 10.1. The molecule has 164 valence electrons. The van der Waals surface area contributed by atoms with E-state index in [1.54, 1.807) is 50.2 Å². The quantitative estimate of drug-likeness (QED) is 0.541. The number of amides is 1. The van der Waals surface area contributed by atoms with Gasteiger partial charge in [-0.2, -0.15) is 4.31 Å².